The van der Waals surface area contributed by atoms with Gasteiger partial charge in [-0.25, -0.2) is 18.2 Å². The van der Waals surface area contributed by atoms with Gasteiger partial charge in [-0.3, -0.25) is 9.36 Å². The third-order valence-corrected chi connectivity index (χ3v) is 11.9. The third kappa shape index (κ3) is 5.11. The standard InChI is InChI=1S/C30H30F3N3O3Si/c1-30(2,3)40(4,5)39-26-13-6-10-19(27(26)33)25-17-36-28(35-24(29(36)37)15-18-9-8-14-38-18)23(34-25)16-20-21(31)11-7-12-22(20)32/h6-14,17,34H,15-16H2,1-5H3. The number of nitrogens with zero attached hydrogens (tertiary/aromatic N) is 2. The van der Waals surface area contributed by atoms with E-state index in [4.69, 9.17) is 8.84 Å². The number of nitrogens with one attached hydrogen (secondary N) is 1. The summed E-state index contributed by atoms with van der Waals surface area (Å²) in [4.78, 5) is 21.0. The van der Waals surface area contributed by atoms with Gasteiger partial charge in [0.15, 0.2) is 11.6 Å². The van der Waals surface area contributed by atoms with E-state index in [1.54, 1.807) is 30.3 Å². The Morgan fingerprint density at radius 3 is 2.35 bits per heavy atom. The zero-order valence-corrected chi connectivity index (χ0v) is 23.9. The molecular formula is C30H30F3N3O3Si. The number of rotatable bonds is 7. The Balaban J connectivity index is 1.67. The Hall–Kier alpha value is -4.05. The zero-order valence-electron chi connectivity index (χ0n) is 22.9. The first-order chi connectivity index (χ1) is 18.9. The number of benzene rings is 2. The number of furan rings is 1. The Morgan fingerprint density at radius 2 is 1.70 bits per heavy atom. The van der Waals surface area contributed by atoms with Gasteiger partial charge >= 0.3 is 0 Å². The van der Waals surface area contributed by atoms with E-state index in [0.29, 0.717) is 5.76 Å². The van der Waals surface area contributed by atoms with Gasteiger partial charge in [-0.1, -0.05) is 32.9 Å². The highest BCUT2D eigenvalue weighted by Crippen LogP contribution is 2.39. The van der Waals surface area contributed by atoms with Crippen LogP contribution in [0.5, 0.6) is 5.75 Å². The molecule has 5 rings (SSSR count). The van der Waals surface area contributed by atoms with E-state index in [1.807, 2.05) is 13.1 Å². The molecular weight excluding hydrogens is 535 g/mol. The van der Waals surface area contributed by atoms with E-state index in [-0.39, 0.29) is 57.7 Å². The highest BCUT2D eigenvalue weighted by Gasteiger charge is 2.39. The van der Waals surface area contributed by atoms with Crippen LogP contribution in [0.1, 0.15) is 43.5 Å². The number of imidazole rings is 1. The third-order valence-electron chi connectivity index (χ3n) is 7.51. The van der Waals surface area contributed by atoms with Crippen LogP contribution in [0.3, 0.4) is 0 Å². The lowest BCUT2D eigenvalue weighted by atomic mass is 10.1. The summed E-state index contributed by atoms with van der Waals surface area (Å²) in [6.07, 6.45) is 2.83. The summed E-state index contributed by atoms with van der Waals surface area (Å²) in [5.74, 6) is -1.25. The van der Waals surface area contributed by atoms with Gasteiger partial charge < -0.3 is 13.8 Å². The van der Waals surface area contributed by atoms with Crippen LogP contribution in [0.4, 0.5) is 13.2 Å². The molecule has 208 valence electrons. The molecule has 2 aliphatic heterocycles. The Kier molecular flexibility index (Phi) is 6.99. The normalized spacial score (nSPS) is 12.3. The van der Waals surface area contributed by atoms with Crippen LogP contribution in [-0.2, 0) is 12.8 Å². The number of hydrogen-bond acceptors (Lipinski definition) is 4. The first kappa shape index (κ1) is 27.5. The first-order valence-electron chi connectivity index (χ1n) is 12.9. The molecule has 2 aromatic carbocycles. The minimum atomic E-state index is -2.36. The summed E-state index contributed by atoms with van der Waals surface area (Å²) in [7, 11) is -2.36. The smallest absolute Gasteiger partial charge is 0.278 e. The fraction of sp³-hybridized carbons (Fsp3) is 0.267. The van der Waals surface area contributed by atoms with Gasteiger partial charge in [0.05, 0.1) is 24.1 Å². The van der Waals surface area contributed by atoms with Crippen molar-refractivity contribution in [3.8, 4) is 22.8 Å². The van der Waals surface area contributed by atoms with Crippen molar-refractivity contribution in [3.05, 3.63) is 112 Å². The second-order valence-corrected chi connectivity index (χ2v) is 16.0. The molecule has 0 bridgehead atoms. The van der Waals surface area contributed by atoms with Crippen molar-refractivity contribution in [2.75, 3.05) is 0 Å². The number of hydrogen-bond donors (Lipinski definition) is 1. The predicted octanol–water partition coefficient (Wildman–Crippen LogP) is 7.24. The number of fused-ring (bicyclic) bond motifs is 1. The molecule has 0 unspecified atom stereocenters. The van der Waals surface area contributed by atoms with Gasteiger partial charge in [0, 0.05) is 23.7 Å². The summed E-state index contributed by atoms with van der Waals surface area (Å²) in [5, 5.41) is -0.157. The average molecular weight is 566 g/mol. The predicted molar refractivity (Wildman–Crippen MR) is 149 cm³/mol. The lowest BCUT2D eigenvalue weighted by molar-refractivity contribution is 0.458. The van der Waals surface area contributed by atoms with E-state index in [0.717, 1.165) is 12.1 Å². The highest BCUT2D eigenvalue weighted by molar-refractivity contribution is 6.74. The minimum Gasteiger partial charge on any atom is -0.542 e. The van der Waals surface area contributed by atoms with Crippen molar-refractivity contribution in [3.63, 3.8) is 0 Å². The highest BCUT2D eigenvalue weighted by atomic mass is 28.4. The molecule has 3 heterocycles. The molecule has 0 spiro atoms. The second-order valence-electron chi connectivity index (χ2n) is 11.3. The summed E-state index contributed by atoms with van der Waals surface area (Å²) in [6.45, 7) is 10.2. The molecule has 0 saturated carbocycles. The van der Waals surface area contributed by atoms with Crippen LogP contribution >= 0.6 is 0 Å². The number of aromatic nitrogens is 3. The van der Waals surface area contributed by atoms with Gasteiger partial charge in [-0.05, 0) is 54.5 Å². The molecule has 40 heavy (non-hydrogen) atoms. The largest absolute Gasteiger partial charge is 0.542 e. The van der Waals surface area contributed by atoms with Gasteiger partial charge in [0.1, 0.15) is 28.8 Å². The molecule has 1 N–H and O–H groups in total. The number of halogens is 3. The van der Waals surface area contributed by atoms with Crippen LogP contribution in [0.25, 0.3) is 17.1 Å². The molecule has 0 atom stereocenters. The summed E-state index contributed by atoms with van der Waals surface area (Å²) in [5.41, 5.74) is 0.179. The Bertz CT molecular complexity index is 1680. The monoisotopic (exact) mass is 565 g/mol. The molecule has 1 aromatic heterocycles. The van der Waals surface area contributed by atoms with E-state index in [1.165, 1.54) is 23.1 Å². The van der Waals surface area contributed by atoms with Crippen molar-refractivity contribution in [2.45, 2.75) is 51.7 Å². The summed E-state index contributed by atoms with van der Waals surface area (Å²) >= 11 is 0. The van der Waals surface area contributed by atoms with Crippen molar-refractivity contribution in [1.82, 2.24) is 14.5 Å². The van der Waals surface area contributed by atoms with Crippen molar-refractivity contribution >= 4 is 8.32 Å². The number of aromatic amines is 1. The molecule has 0 fully saturated rings. The quantitative estimate of drug-likeness (QED) is 0.211. The molecule has 10 heteroatoms. The van der Waals surface area contributed by atoms with Crippen LogP contribution < -0.4 is 9.99 Å². The number of H-pyrrole nitrogens is 1. The van der Waals surface area contributed by atoms with Gasteiger partial charge in [-0.15, -0.1) is 0 Å². The van der Waals surface area contributed by atoms with Crippen LogP contribution in [-0.4, -0.2) is 22.9 Å². The fourth-order valence-electron chi connectivity index (χ4n) is 4.23. The van der Waals surface area contributed by atoms with E-state index < -0.39 is 31.3 Å². The molecule has 0 saturated heterocycles. The molecule has 3 aromatic rings. The minimum absolute atomic E-state index is 0.103. The van der Waals surface area contributed by atoms with Crippen molar-refractivity contribution < 1.29 is 22.0 Å². The van der Waals surface area contributed by atoms with Crippen LogP contribution in [0.15, 0.2) is 70.2 Å². The van der Waals surface area contributed by atoms with Crippen LogP contribution in [0, 0.1) is 17.5 Å². The maximum absolute atomic E-state index is 16.0. The molecule has 0 amide bonds. The van der Waals surface area contributed by atoms with Crippen LogP contribution in [0.2, 0.25) is 18.1 Å². The lowest BCUT2D eigenvalue weighted by Gasteiger charge is -2.36. The Morgan fingerprint density at radius 1 is 1.00 bits per heavy atom. The maximum Gasteiger partial charge on any atom is 0.278 e. The molecule has 6 nitrogen and oxygen atoms in total. The maximum atomic E-state index is 16.0. The SMILES string of the molecule is CC(C)(C)[Si](C)(C)Oc1cccc(-c2cn3c(=O)c(Cc4ccco4)nc-3c(Cc3c(F)cccc3F)[nH]2)c1F. The van der Waals surface area contributed by atoms with Crippen molar-refractivity contribution in [1.29, 1.82) is 0 Å². The molecule has 0 aliphatic carbocycles. The van der Waals surface area contributed by atoms with E-state index in [2.05, 4.69) is 30.7 Å². The Labute approximate surface area is 230 Å². The fourth-order valence-corrected chi connectivity index (χ4v) is 5.25. The second kappa shape index (κ2) is 10.2. The molecule has 0 radical (unpaired) electrons. The summed E-state index contributed by atoms with van der Waals surface area (Å²) < 4.78 is 58.1. The lowest BCUT2D eigenvalue weighted by Crippen LogP contribution is -2.44. The van der Waals surface area contributed by atoms with Gasteiger partial charge in [0.25, 0.3) is 13.9 Å². The van der Waals surface area contributed by atoms with E-state index in [9.17, 15) is 13.6 Å². The van der Waals surface area contributed by atoms with E-state index >= 15 is 4.39 Å². The zero-order chi connectivity index (χ0) is 28.8. The molecule has 2 aliphatic rings. The average Bonchev–Trinajstić information content (AvgIpc) is 3.50. The van der Waals surface area contributed by atoms with Gasteiger partial charge in [-0.2, -0.15) is 0 Å². The van der Waals surface area contributed by atoms with Gasteiger partial charge in [0.2, 0.25) is 0 Å². The first-order valence-corrected chi connectivity index (χ1v) is 15.8. The topological polar surface area (TPSA) is 73.1 Å². The summed E-state index contributed by atoms with van der Waals surface area (Å²) in [6, 6.07) is 11.8. The van der Waals surface area contributed by atoms with Crippen molar-refractivity contribution in [2.24, 2.45) is 0 Å².